The maximum atomic E-state index is 9.63. The second kappa shape index (κ2) is 3.70. The van der Waals surface area contributed by atoms with Gasteiger partial charge in [-0.1, -0.05) is 34.8 Å². The Bertz CT molecular complexity index is 746. The van der Waals surface area contributed by atoms with Gasteiger partial charge in [0.25, 0.3) is 0 Å². The molecule has 0 fully saturated rings. The van der Waals surface area contributed by atoms with E-state index in [1.165, 1.54) is 0 Å². The molecule has 0 atom stereocenters. The zero-order valence-electron chi connectivity index (χ0n) is 8.30. The number of benzene rings is 2. The summed E-state index contributed by atoms with van der Waals surface area (Å²) in [5.74, 6) is -0.175. The van der Waals surface area contributed by atoms with Crippen LogP contribution in [0.1, 0.15) is 0 Å². The Balaban J connectivity index is 2.56. The van der Waals surface area contributed by atoms with E-state index >= 15 is 0 Å². The summed E-state index contributed by atoms with van der Waals surface area (Å²) >= 11 is 17.7. The van der Waals surface area contributed by atoms with Crippen molar-refractivity contribution in [3.63, 3.8) is 0 Å². The molecule has 1 aromatic heterocycles. The van der Waals surface area contributed by atoms with Gasteiger partial charge >= 0.3 is 0 Å². The summed E-state index contributed by atoms with van der Waals surface area (Å²) in [5, 5.41) is 12.1. The first-order valence-electron chi connectivity index (χ1n) is 4.76. The lowest BCUT2D eigenvalue weighted by Gasteiger charge is -1.99. The van der Waals surface area contributed by atoms with Crippen LogP contribution in [0.2, 0.25) is 15.1 Å². The molecule has 0 aliphatic heterocycles. The van der Waals surface area contributed by atoms with Crippen molar-refractivity contribution < 1.29 is 9.52 Å². The third-order valence-corrected chi connectivity index (χ3v) is 3.47. The first kappa shape index (κ1) is 11.0. The van der Waals surface area contributed by atoms with Gasteiger partial charge in [0.05, 0.1) is 5.02 Å². The average Bonchev–Trinajstić information content (AvgIpc) is 2.64. The fourth-order valence-corrected chi connectivity index (χ4v) is 2.46. The molecule has 2 nitrogen and oxygen atoms in total. The van der Waals surface area contributed by atoms with E-state index in [2.05, 4.69) is 0 Å². The summed E-state index contributed by atoms with van der Waals surface area (Å²) in [6, 6.07) is 6.90. The maximum Gasteiger partial charge on any atom is 0.157 e. The minimum absolute atomic E-state index is 0.111. The molecule has 0 amide bonds. The number of rotatable bonds is 0. The van der Waals surface area contributed by atoms with Gasteiger partial charge in [-0.3, -0.25) is 0 Å². The van der Waals surface area contributed by atoms with Gasteiger partial charge in [-0.25, -0.2) is 0 Å². The molecule has 0 aliphatic rings. The predicted octanol–water partition coefficient (Wildman–Crippen LogP) is 5.25. The van der Waals surface area contributed by atoms with Crippen molar-refractivity contribution in [1.29, 1.82) is 0 Å². The number of fused-ring (bicyclic) bond motifs is 3. The molecule has 0 aliphatic carbocycles. The number of phenolic OH excluding ortho intramolecular Hbond substituents is 1. The number of halogens is 3. The average molecular weight is 288 g/mol. The van der Waals surface area contributed by atoms with Crippen molar-refractivity contribution in [3.8, 4) is 5.75 Å². The zero-order chi connectivity index (χ0) is 12.2. The van der Waals surface area contributed by atoms with E-state index in [0.29, 0.717) is 16.2 Å². The predicted molar refractivity (Wildman–Crippen MR) is 70.4 cm³/mol. The van der Waals surface area contributed by atoms with Gasteiger partial charge in [-0.2, -0.15) is 0 Å². The molecule has 0 radical (unpaired) electrons. The molecule has 0 saturated carbocycles. The fourth-order valence-electron chi connectivity index (χ4n) is 1.80. The number of hydrogen-bond acceptors (Lipinski definition) is 2. The van der Waals surface area contributed by atoms with Crippen LogP contribution in [0, 0.1) is 0 Å². The van der Waals surface area contributed by atoms with Gasteiger partial charge in [0, 0.05) is 21.9 Å². The van der Waals surface area contributed by atoms with Gasteiger partial charge in [-0.05, 0) is 18.2 Å². The van der Waals surface area contributed by atoms with Crippen LogP contribution in [0.25, 0.3) is 21.9 Å². The monoisotopic (exact) mass is 286 g/mol. The fraction of sp³-hybridized carbons (Fsp3) is 0. The third kappa shape index (κ3) is 1.56. The second-order valence-electron chi connectivity index (χ2n) is 3.64. The topological polar surface area (TPSA) is 33.4 Å². The highest BCUT2D eigenvalue weighted by Gasteiger charge is 2.16. The van der Waals surface area contributed by atoms with Gasteiger partial charge in [0.2, 0.25) is 0 Å². The lowest BCUT2D eigenvalue weighted by molar-refractivity contribution is 0.475. The molecule has 86 valence electrons. The molecule has 0 spiro atoms. The van der Waals surface area contributed by atoms with Crippen molar-refractivity contribution in [3.05, 3.63) is 39.3 Å². The van der Waals surface area contributed by atoms with Crippen LogP contribution < -0.4 is 0 Å². The van der Waals surface area contributed by atoms with Gasteiger partial charge in [-0.15, -0.1) is 0 Å². The van der Waals surface area contributed by atoms with Crippen LogP contribution in [0.3, 0.4) is 0 Å². The Kier molecular flexibility index (Phi) is 2.40. The molecular formula is C12H5Cl3O2. The van der Waals surface area contributed by atoms with Crippen LogP contribution in [0.15, 0.2) is 28.7 Å². The van der Waals surface area contributed by atoms with Crippen LogP contribution in [0.4, 0.5) is 0 Å². The Morgan fingerprint density at radius 1 is 1.00 bits per heavy atom. The lowest BCUT2D eigenvalue weighted by atomic mass is 10.1. The minimum Gasteiger partial charge on any atom is -0.505 e. The van der Waals surface area contributed by atoms with Crippen molar-refractivity contribution in [2.45, 2.75) is 0 Å². The van der Waals surface area contributed by atoms with Crippen molar-refractivity contribution >= 4 is 56.7 Å². The van der Waals surface area contributed by atoms with Crippen LogP contribution in [-0.2, 0) is 0 Å². The molecule has 0 bridgehead atoms. The Morgan fingerprint density at radius 3 is 2.53 bits per heavy atom. The van der Waals surface area contributed by atoms with Crippen molar-refractivity contribution in [1.82, 2.24) is 0 Å². The third-order valence-electron chi connectivity index (χ3n) is 2.60. The Labute approximate surface area is 111 Å². The van der Waals surface area contributed by atoms with Crippen molar-refractivity contribution in [2.75, 3.05) is 0 Å². The maximum absolute atomic E-state index is 9.63. The number of aromatic hydroxyl groups is 1. The van der Waals surface area contributed by atoms with E-state index in [1.54, 1.807) is 18.2 Å². The summed E-state index contributed by atoms with van der Waals surface area (Å²) in [6.45, 7) is 0. The molecule has 2 aromatic carbocycles. The molecule has 5 heteroatoms. The summed E-state index contributed by atoms with van der Waals surface area (Å²) in [4.78, 5) is 0. The molecule has 3 aromatic rings. The van der Waals surface area contributed by atoms with Gasteiger partial charge in [0.15, 0.2) is 11.3 Å². The van der Waals surface area contributed by atoms with Gasteiger partial charge < -0.3 is 9.52 Å². The van der Waals surface area contributed by atoms with E-state index < -0.39 is 0 Å². The standard InChI is InChI=1S/C12H5Cl3O2/c13-5-1-2-6-7-4-8(14)11(16)10(15)12(7)17-9(6)3-5/h1-4,16H. The van der Waals surface area contributed by atoms with Gasteiger partial charge in [0.1, 0.15) is 10.6 Å². The highest BCUT2D eigenvalue weighted by atomic mass is 35.5. The largest absolute Gasteiger partial charge is 0.505 e. The molecule has 3 rings (SSSR count). The molecule has 0 unspecified atom stereocenters. The molecule has 1 N–H and O–H groups in total. The van der Waals surface area contributed by atoms with E-state index in [1.807, 2.05) is 6.07 Å². The van der Waals surface area contributed by atoms with Crippen molar-refractivity contribution in [2.24, 2.45) is 0 Å². The number of phenols is 1. The molecule has 0 saturated heterocycles. The van der Waals surface area contributed by atoms with Crippen LogP contribution in [-0.4, -0.2) is 5.11 Å². The minimum atomic E-state index is -0.175. The highest BCUT2D eigenvalue weighted by Crippen LogP contribution is 2.42. The van der Waals surface area contributed by atoms with E-state index in [4.69, 9.17) is 39.2 Å². The Hall–Kier alpha value is -1.09. The molecule has 17 heavy (non-hydrogen) atoms. The number of hydrogen-bond donors (Lipinski definition) is 1. The summed E-state index contributed by atoms with van der Waals surface area (Å²) < 4.78 is 5.56. The second-order valence-corrected chi connectivity index (χ2v) is 4.86. The van der Waals surface area contributed by atoms with E-state index in [-0.39, 0.29) is 15.8 Å². The Morgan fingerprint density at radius 2 is 1.76 bits per heavy atom. The van der Waals surface area contributed by atoms with E-state index in [9.17, 15) is 5.11 Å². The quantitative estimate of drug-likeness (QED) is 0.612. The highest BCUT2D eigenvalue weighted by molar-refractivity contribution is 6.41. The lowest BCUT2D eigenvalue weighted by Crippen LogP contribution is -1.73. The normalized spacial score (nSPS) is 11.5. The smallest absolute Gasteiger partial charge is 0.157 e. The zero-order valence-corrected chi connectivity index (χ0v) is 10.6. The summed E-state index contributed by atoms with van der Waals surface area (Å²) in [5.41, 5.74) is 1.02. The molecular weight excluding hydrogens is 282 g/mol. The first-order valence-corrected chi connectivity index (χ1v) is 5.90. The van der Waals surface area contributed by atoms with E-state index in [0.717, 1.165) is 10.8 Å². The van der Waals surface area contributed by atoms with Crippen LogP contribution >= 0.6 is 34.8 Å². The first-order chi connectivity index (χ1) is 8.08. The number of furan rings is 1. The molecule has 1 heterocycles. The summed E-state index contributed by atoms with van der Waals surface area (Å²) in [7, 11) is 0. The van der Waals surface area contributed by atoms with Crippen LogP contribution in [0.5, 0.6) is 5.75 Å². The summed E-state index contributed by atoms with van der Waals surface area (Å²) in [6.07, 6.45) is 0. The SMILES string of the molecule is Oc1c(Cl)cc2c(oc3cc(Cl)ccc32)c1Cl.